The molecule has 0 heterocycles. The van der Waals surface area contributed by atoms with Crippen LogP contribution in [0, 0.1) is 0 Å². The molecule has 0 unspecified atom stereocenters. The molecular weight excluding hydrogens is 236 g/mol. The molecule has 0 bridgehead atoms. The third kappa shape index (κ3) is 4.93. The first-order valence-electron chi connectivity index (χ1n) is 7.38. The highest BCUT2D eigenvalue weighted by molar-refractivity contribution is 5.76. The number of nitrogens with two attached hydrogens (primary N) is 1. The van der Waals surface area contributed by atoms with Gasteiger partial charge in [-0.05, 0) is 43.4 Å². The van der Waals surface area contributed by atoms with Crippen LogP contribution in [0.3, 0.4) is 0 Å². The molecule has 0 saturated heterocycles. The first-order chi connectivity index (χ1) is 9.24. The van der Waals surface area contributed by atoms with Crippen molar-refractivity contribution in [1.82, 2.24) is 5.32 Å². The molecule has 1 aliphatic rings. The smallest absolute Gasteiger partial charge is 0.220 e. The molecule has 3 N–H and O–H groups in total. The third-order valence-electron chi connectivity index (χ3n) is 3.79. The summed E-state index contributed by atoms with van der Waals surface area (Å²) in [6.07, 6.45) is 8.57. The van der Waals surface area contributed by atoms with Crippen LogP contribution in [0.2, 0.25) is 0 Å². The van der Waals surface area contributed by atoms with Gasteiger partial charge in [-0.2, -0.15) is 0 Å². The fourth-order valence-electron chi connectivity index (χ4n) is 2.75. The van der Waals surface area contributed by atoms with Gasteiger partial charge in [0.05, 0.1) is 0 Å². The number of aryl methyl sites for hydroxylation is 1. The Balaban J connectivity index is 1.66. The SMILES string of the molecule is Nc1cccc(CCCC(=O)NC2CCCCC2)c1. The summed E-state index contributed by atoms with van der Waals surface area (Å²) < 4.78 is 0. The van der Waals surface area contributed by atoms with Crippen molar-refractivity contribution in [2.75, 3.05) is 5.73 Å². The average molecular weight is 260 g/mol. The van der Waals surface area contributed by atoms with E-state index in [-0.39, 0.29) is 5.91 Å². The zero-order chi connectivity index (χ0) is 13.5. The number of carbonyl (C=O) groups excluding carboxylic acids is 1. The van der Waals surface area contributed by atoms with Crippen molar-refractivity contribution in [2.45, 2.75) is 57.4 Å². The summed E-state index contributed by atoms with van der Waals surface area (Å²) in [6, 6.07) is 8.33. The summed E-state index contributed by atoms with van der Waals surface area (Å²) in [5.74, 6) is 0.204. The molecule has 3 nitrogen and oxygen atoms in total. The fraction of sp³-hybridized carbons (Fsp3) is 0.562. The van der Waals surface area contributed by atoms with Crippen LogP contribution >= 0.6 is 0 Å². The number of amides is 1. The lowest BCUT2D eigenvalue weighted by Crippen LogP contribution is -2.36. The van der Waals surface area contributed by atoms with Crippen LogP contribution < -0.4 is 11.1 Å². The van der Waals surface area contributed by atoms with E-state index in [0.717, 1.165) is 31.4 Å². The van der Waals surface area contributed by atoms with Crippen molar-refractivity contribution in [2.24, 2.45) is 0 Å². The van der Waals surface area contributed by atoms with Crippen LogP contribution in [0.5, 0.6) is 0 Å². The molecule has 0 atom stereocenters. The zero-order valence-corrected chi connectivity index (χ0v) is 11.5. The molecule has 1 aromatic carbocycles. The Bertz CT molecular complexity index is 411. The number of nitrogen functional groups attached to an aromatic ring is 1. The lowest BCUT2D eigenvalue weighted by atomic mass is 9.95. The predicted octanol–water partition coefficient (Wildman–Crippen LogP) is 3.04. The Morgan fingerprint density at radius 1 is 1.26 bits per heavy atom. The Hall–Kier alpha value is -1.51. The fourth-order valence-corrected chi connectivity index (χ4v) is 2.75. The topological polar surface area (TPSA) is 55.1 Å². The molecule has 0 radical (unpaired) electrons. The van der Waals surface area contributed by atoms with Crippen LogP contribution in [0.25, 0.3) is 0 Å². The van der Waals surface area contributed by atoms with Crippen molar-refractivity contribution in [3.8, 4) is 0 Å². The highest BCUT2D eigenvalue weighted by Gasteiger charge is 2.15. The van der Waals surface area contributed by atoms with Crippen molar-refractivity contribution >= 4 is 11.6 Å². The van der Waals surface area contributed by atoms with Gasteiger partial charge >= 0.3 is 0 Å². The molecule has 1 aromatic rings. The molecule has 0 aliphatic heterocycles. The Labute approximate surface area is 115 Å². The van der Waals surface area contributed by atoms with Gasteiger partial charge in [0.25, 0.3) is 0 Å². The van der Waals surface area contributed by atoms with Crippen LogP contribution in [0.1, 0.15) is 50.5 Å². The van der Waals surface area contributed by atoms with Crippen molar-refractivity contribution in [3.05, 3.63) is 29.8 Å². The second-order valence-corrected chi connectivity index (χ2v) is 5.50. The van der Waals surface area contributed by atoms with E-state index in [1.807, 2.05) is 18.2 Å². The minimum absolute atomic E-state index is 0.204. The summed E-state index contributed by atoms with van der Waals surface area (Å²) in [5, 5.41) is 3.15. The molecular formula is C16H24N2O. The summed E-state index contributed by atoms with van der Waals surface area (Å²) in [7, 11) is 0. The molecule has 2 rings (SSSR count). The second kappa shape index (κ2) is 7.17. The van der Waals surface area contributed by atoms with Crippen molar-refractivity contribution in [1.29, 1.82) is 0 Å². The van der Waals surface area contributed by atoms with Gasteiger partial charge in [-0.3, -0.25) is 4.79 Å². The van der Waals surface area contributed by atoms with E-state index in [0.29, 0.717) is 12.5 Å². The van der Waals surface area contributed by atoms with Gasteiger partial charge in [0.2, 0.25) is 5.91 Å². The molecule has 3 heteroatoms. The number of hydrogen-bond acceptors (Lipinski definition) is 2. The van der Waals surface area contributed by atoms with Crippen LogP contribution in [0.4, 0.5) is 5.69 Å². The number of anilines is 1. The van der Waals surface area contributed by atoms with E-state index in [1.54, 1.807) is 0 Å². The quantitative estimate of drug-likeness (QED) is 0.799. The monoisotopic (exact) mass is 260 g/mol. The summed E-state index contributed by atoms with van der Waals surface area (Å²) in [6.45, 7) is 0. The van der Waals surface area contributed by atoms with E-state index < -0.39 is 0 Å². The van der Waals surface area contributed by atoms with Gasteiger partial charge < -0.3 is 11.1 Å². The minimum atomic E-state index is 0.204. The highest BCUT2D eigenvalue weighted by atomic mass is 16.1. The van der Waals surface area contributed by atoms with E-state index in [4.69, 9.17) is 5.73 Å². The molecule has 1 fully saturated rings. The lowest BCUT2D eigenvalue weighted by Gasteiger charge is -2.22. The number of hydrogen-bond donors (Lipinski definition) is 2. The maximum absolute atomic E-state index is 11.8. The number of rotatable bonds is 5. The van der Waals surface area contributed by atoms with Gasteiger partial charge in [-0.15, -0.1) is 0 Å². The Kier molecular flexibility index (Phi) is 5.25. The summed E-state index contributed by atoms with van der Waals surface area (Å²) >= 11 is 0. The zero-order valence-electron chi connectivity index (χ0n) is 11.5. The number of benzene rings is 1. The normalized spacial score (nSPS) is 16.2. The number of nitrogens with one attached hydrogen (secondary N) is 1. The van der Waals surface area contributed by atoms with Gasteiger partial charge in [-0.1, -0.05) is 31.4 Å². The standard InChI is InChI=1S/C16H24N2O/c17-14-8-4-6-13(12-14)7-5-11-16(19)18-15-9-2-1-3-10-15/h4,6,8,12,15H,1-3,5,7,9-11,17H2,(H,18,19). The van der Waals surface area contributed by atoms with Crippen molar-refractivity contribution in [3.63, 3.8) is 0 Å². The van der Waals surface area contributed by atoms with Gasteiger partial charge in [0, 0.05) is 18.2 Å². The molecule has 19 heavy (non-hydrogen) atoms. The van der Waals surface area contributed by atoms with Gasteiger partial charge in [0.15, 0.2) is 0 Å². The van der Waals surface area contributed by atoms with E-state index >= 15 is 0 Å². The predicted molar refractivity (Wildman–Crippen MR) is 78.8 cm³/mol. The number of carbonyl (C=O) groups is 1. The van der Waals surface area contributed by atoms with E-state index in [9.17, 15) is 4.79 Å². The summed E-state index contributed by atoms with van der Waals surface area (Å²) in [5.41, 5.74) is 7.74. The van der Waals surface area contributed by atoms with Crippen LogP contribution in [-0.2, 0) is 11.2 Å². The average Bonchev–Trinajstić information content (AvgIpc) is 2.40. The highest BCUT2D eigenvalue weighted by Crippen LogP contribution is 2.17. The third-order valence-corrected chi connectivity index (χ3v) is 3.79. The second-order valence-electron chi connectivity index (χ2n) is 5.50. The van der Waals surface area contributed by atoms with E-state index in [1.165, 1.54) is 24.8 Å². The Morgan fingerprint density at radius 2 is 2.05 bits per heavy atom. The molecule has 0 spiro atoms. The largest absolute Gasteiger partial charge is 0.399 e. The maximum Gasteiger partial charge on any atom is 0.220 e. The molecule has 1 aliphatic carbocycles. The first-order valence-corrected chi connectivity index (χ1v) is 7.38. The summed E-state index contributed by atoms with van der Waals surface area (Å²) in [4.78, 5) is 11.8. The van der Waals surface area contributed by atoms with Gasteiger partial charge in [-0.25, -0.2) is 0 Å². The first kappa shape index (κ1) is 13.9. The van der Waals surface area contributed by atoms with Gasteiger partial charge in [0.1, 0.15) is 0 Å². The van der Waals surface area contributed by atoms with Crippen LogP contribution in [0.15, 0.2) is 24.3 Å². The minimum Gasteiger partial charge on any atom is -0.399 e. The Morgan fingerprint density at radius 3 is 2.79 bits per heavy atom. The molecule has 104 valence electrons. The van der Waals surface area contributed by atoms with Crippen LogP contribution in [-0.4, -0.2) is 11.9 Å². The van der Waals surface area contributed by atoms with Crippen molar-refractivity contribution < 1.29 is 4.79 Å². The van der Waals surface area contributed by atoms with E-state index in [2.05, 4.69) is 11.4 Å². The lowest BCUT2D eigenvalue weighted by molar-refractivity contribution is -0.122. The molecule has 1 saturated carbocycles. The molecule has 0 aromatic heterocycles. The maximum atomic E-state index is 11.8. The molecule has 1 amide bonds.